The Kier molecular flexibility index (Phi) is 6.08. The van der Waals surface area contributed by atoms with Crippen LogP contribution in [-0.4, -0.2) is 36.5 Å². The number of hydrogen-bond donors (Lipinski definition) is 2. The summed E-state index contributed by atoms with van der Waals surface area (Å²) in [7, 11) is 1.70. The Bertz CT molecular complexity index is 707. The molecule has 132 valence electrons. The van der Waals surface area contributed by atoms with E-state index in [4.69, 9.17) is 11.6 Å². The zero-order valence-electron chi connectivity index (χ0n) is 14.4. The maximum atomic E-state index is 12.3. The fraction of sp³-hybridized carbons (Fsp3) is 0.350. The van der Waals surface area contributed by atoms with Crippen LogP contribution in [0.1, 0.15) is 17.5 Å². The lowest BCUT2D eigenvalue weighted by molar-refractivity contribution is -0.125. The van der Waals surface area contributed by atoms with Gasteiger partial charge in [-0.15, -0.1) is 0 Å². The number of benzene rings is 2. The first kappa shape index (κ1) is 17.9. The van der Waals surface area contributed by atoms with Gasteiger partial charge in [-0.3, -0.25) is 9.69 Å². The molecule has 1 saturated heterocycles. The molecule has 1 aliphatic rings. The van der Waals surface area contributed by atoms with Gasteiger partial charge in [0.1, 0.15) is 0 Å². The predicted molar refractivity (Wildman–Crippen MR) is 101 cm³/mol. The van der Waals surface area contributed by atoms with Gasteiger partial charge in [0.25, 0.3) is 0 Å². The summed E-state index contributed by atoms with van der Waals surface area (Å²) in [4.78, 5) is 14.5. The summed E-state index contributed by atoms with van der Waals surface area (Å²) in [6.07, 6.45) is 0.803. The van der Waals surface area contributed by atoms with Crippen molar-refractivity contribution in [2.45, 2.75) is 31.6 Å². The molecule has 2 aromatic carbocycles. The van der Waals surface area contributed by atoms with E-state index in [1.165, 1.54) is 5.56 Å². The Balaban J connectivity index is 1.66. The molecule has 1 amide bonds. The molecule has 4 nitrogen and oxygen atoms in total. The van der Waals surface area contributed by atoms with E-state index >= 15 is 0 Å². The monoisotopic (exact) mass is 357 g/mol. The largest absolute Gasteiger partial charge is 0.358 e. The smallest absolute Gasteiger partial charge is 0.237 e. The van der Waals surface area contributed by atoms with Crippen molar-refractivity contribution >= 4 is 17.5 Å². The summed E-state index contributed by atoms with van der Waals surface area (Å²) in [5.41, 5.74) is 2.31. The summed E-state index contributed by atoms with van der Waals surface area (Å²) in [5, 5.41) is 7.12. The number of hydrogen-bond acceptors (Lipinski definition) is 3. The van der Waals surface area contributed by atoms with Gasteiger partial charge in [-0.1, -0.05) is 60.1 Å². The molecule has 2 atom stereocenters. The number of rotatable bonds is 6. The van der Waals surface area contributed by atoms with Crippen LogP contribution in [0.25, 0.3) is 0 Å². The molecule has 2 N–H and O–H groups in total. The molecular formula is C20H24ClN3O. The molecule has 0 saturated carbocycles. The van der Waals surface area contributed by atoms with Crippen molar-refractivity contribution in [1.82, 2.24) is 15.5 Å². The quantitative estimate of drug-likeness (QED) is 0.835. The summed E-state index contributed by atoms with van der Waals surface area (Å²) in [6.45, 7) is 2.32. The van der Waals surface area contributed by atoms with Crippen LogP contribution in [0.15, 0.2) is 54.6 Å². The first-order valence-corrected chi connectivity index (χ1v) is 9.01. The average molecular weight is 358 g/mol. The number of carbonyl (C=O) groups is 1. The molecule has 0 aliphatic carbocycles. The highest BCUT2D eigenvalue weighted by atomic mass is 35.5. The normalized spacial score (nSPS) is 20.6. The molecule has 2 aromatic rings. The SMILES string of the molecule is CNC(=O)[C@@H]1C[C@@H](NCc2ccccc2)CN1Cc1ccccc1Cl. The van der Waals surface area contributed by atoms with Crippen LogP contribution in [0.2, 0.25) is 5.02 Å². The summed E-state index contributed by atoms with van der Waals surface area (Å²) in [6, 6.07) is 18.3. The Morgan fingerprint density at radius 1 is 1.16 bits per heavy atom. The number of halogens is 1. The second-order valence-electron chi connectivity index (χ2n) is 6.45. The van der Waals surface area contributed by atoms with E-state index in [0.29, 0.717) is 6.54 Å². The van der Waals surface area contributed by atoms with Gasteiger partial charge >= 0.3 is 0 Å². The van der Waals surface area contributed by atoms with E-state index in [1.54, 1.807) is 7.05 Å². The Labute approximate surface area is 154 Å². The summed E-state index contributed by atoms with van der Waals surface area (Å²) < 4.78 is 0. The number of likely N-dealkylation sites (tertiary alicyclic amines) is 1. The maximum absolute atomic E-state index is 12.3. The minimum Gasteiger partial charge on any atom is -0.358 e. The van der Waals surface area contributed by atoms with Crippen LogP contribution in [-0.2, 0) is 17.9 Å². The molecule has 0 radical (unpaired) electrons. The molecule has 0 unspecified atom stereocenters. The van der Waals surface area contributed by atoms with E-state index in [9.17, 15) is 4.79 Å². The highest BCUT2D eigenvalue weighted by molar-refractivity contribution is 6.31. The van der Waals surface area contributed by atoms with E-state index in [1.807, 2.05) is 42.5 Å². The van der Waals surface area contributed by atoms with Crippen molar-refractivity contribution in [2.24, 2.45) is 0 Å². The van der Waals surface area contributed by atoms with Crippen LogP contribution in [0, 0.1) is 0 Å². The van der Waals surface area contributed by atoms with Crippen molar-refractivity contribution in [1.29, 1.82) is 0 Å². The number of nitrogens with zero attached hydrogens (tertiary/aromatic N) is 1. The molecule has 0 spiro atoms. The molecule has 25 heavy (non-hydrogen) atoms. The number of carbonyl (C=O) groups excluding carboxylic acids is 1. The van der Waals surface area contributed by atoms with Crippen molar-refractivity contribution in [3.8, 4) is 0 Å². The minimum atomic E-state index is -0.130. The third-order valence-electron chi connectivity index (χ3n) is 4.72. The number of likely N-dealkylation sites (N-methyl/N-ethyl adjacent to an activating group) is 1. The van der Waals surface area contributed by atoms with Crippen molar-refractivity contribution in [3.63, 3.8) is 0 Å². The van der Waals surface area contributed by atoms with Crippen LogP contribution in [0.4, 0.5) is 0 Å². The molecule has 1 aliphatic heterocycles. The van der Waals surface area contributed by atoms with Gasteiger partial charge in [0.2, 0.25) is 5.91 Å². The van der Waals surface area contributed by atoms with Gasteiger partial charge in [-0.2, -0.15) is 0 Å². The van der Waals surface area contributed by atoms with Crippen molar-refractivity contribution in [2.75, 3.05) is 13.6 Å². The van der Waals surface area contributed by atoms with Gasteiger partial charge in [0.15, 0.2) is 0 Å². The summed E-state index contributed by atoms with van der Waals surface area (Å²) >= 11 is 6.30. The highest BCUT2D eigenvalue weighted by Crippen LogP contribution is 2.24. The van der Waals surface area contributed by atoms with E-state index < -0.39 is 0 Å². The number of nitrogens with one attached hydrogen (secondary N) is 2. The second kappa shape index (κ2) is 8.48. The van der Waals surface area contributed by atoms with Gasteiger partial charge in [0.05, 0.1) is 6.04 Å². The minimum absolute atomic E-state index is 0.0658. The van der Waals surface area contributed by atoms with Gasteiger partial charge in [-0.05, 0) is 23.6 Å². The maximum Gasteiger partial charge on any atom is 0.237 e. The average Bonchev–Trinajstić information content (AvgIpc) is 3.05. The third-order valence-corrected chi connectivity index (χ3v) is 5.09. The first-order valence-electron chi connectivity index (χ1n) is 8.63. The molecule has 0 aromatic heterocycles. The van der Waals surface area contributed by atoms with E-state index in [-0.39, 0.29) is 18.0 Å². The molecule has 0 bridgehead atoms. The summed E-state index contributed by atoms with van der Waals surface area (Å²) in [5.74, 6) is 0.0658. The van der Waals surface area contributed by atoms with Crippen LogP contribution < -0.4 is 10.6 Å². The van der Waals surface area contributed by atoms with E-state index in [0.717, 1.165) is 30.1 Å². The topological polar surface area (TPSA) is 44.4 Å². The van der Waals surface area contributed by atoms with Gasteiger partial charge < -0.3 is 10.6 Å². The van der Waals surface area contributed by atoms with Crippen molar-refractivity contribution in [3.05, 3.63) is 70.7 Å². The zero-order valence-corrected chi connectivity index (χ0v) is 15.2. The molecule has 1 heterocycles. The first-order chi connectivity index (χ1) is 12.2. The molecule has 3 rings (SSSR count). The lowest BCUT2D eigenvalue weighted by Gasteiger charge is -2.23. The Hall–Kier alpha value is -1.88. The second-order valence-corrected chi connectivity index (χ2v) is 6.86. The van der Waals surface area contributed by atoms with Gasteiger partial charge in [-0.25, -0.2) is 0 Å². The molecular weight excluding hydrogens is 334 g/mol. The lowest BCUT2D eigenvalue weighted by Crippen LogP contribution is -2.41. The molecule has 5 heteroatoms. The Morgan fingerprint density at radius 3 is 2.60 bits per heavy atom. The standard InChI is InChI=1S/C20H24ClN3O/c1-22-20(25)19-11-17(23-12-15-7-3-2-4-8-15)14-24(19)13-16-9-5-6-10-18(16)21/h2-10,17,19,23H,11-14H2,1H3,(H,22,25)/t17-,19+/m1/s1. The molecule has 1 fully saturated rings. The van der Waals surface area contributed by atoms with Gasteiger partial charge in [0, 0.05) is 37.7 Å². The predicted octanol–water partition coefficient (Wildman–Crippen LogP) is 2.82. The fourth-order valence-corrected chi connectivity index (χ4v) is 3.56. The van der Waals surface area contributed by atoms with Crippen molar-refractivity contribution < 1.29 is 4.79 Å². The van der Waals surface area contributed by atoms with Crippen LogP contribution >= 0.6 is 11.6 Å². The van der Waals surface area contributed by atoms with E-state index in [2.05, 4.69) is 27.7 Å². The fourth-order valence-electron chi connectivity index (χ4n) is 3.37. The highest BCUT2D eigenvalue weighted by Gasteiger charge is 2.36. The Morgan fingerprint density at radius 2 is 1.88 bits per heavy atom. The number of amides is 1. The third kappa shape index (κ3) is 4.60. The zero-order chi connectivity index (χ0) is 17.6. The van der Waals surface area contributed by atoms with Crippen LogP contribution in [0.3, 0.4) is 0 Å². The van der Waals surface area contributed by atoms with Crippen LogP contribution in [0.5, 0.6) is 0 Å². The lowest BCUT2D eigenvalue weighted by atomic mass is 10.1.